The molecule has 0 N–H and O–H groups in total. The highest BCUT2D eigenvalue weighted by Gasteiger charge is 2.57. The van der Waals surface area contributed by atoms with Crippen molar-refractivity contribution in [2.75, 3.05) is 19.6 Å². The molecule has 4 fully saturated rings. The average molecular weight is 388 g/mol. The predicted octanol–water partition coefficient (Wildman–Crippen LogP) is 2.54. The maximum atomic E-state index is 13.7. The Labute approximate surface area is 160 Å². The molecule has 0 saturated carbocycles. The van der Waals surface area contributed by atoms with Crippen molar-refractivity contribution >= 4 is 10.0 Å². The van der Waals surface area contributed by atoms with Crippen LogP contribution < -0.4 is 0 Å². The number of aromatic nitrogens is 1. The second-order valence-corrected chi connectivity index (χ2v) is 9.93. The van der Waals surface area contributed by atoms with Crippen molar-refractivity contribution < 1.29 is 12.9 Å². The molecule has 5 heterocycles. The van der Waals surface area contributed by atoms with Crippen LogP contribution >= 0.6 is 0 Å². The second kappa shape index (κ2) is 6.15. The number of rotatable bonds is 3. The van der Waals surface area contributed by atoms with E-state index in [1.54, 1.807) is 18.2 Å². The Bertz CT molecular complexity index is 929. The lowest BCUT2D eigenvalue weighted by molar-refractivity contribution is 0.0123. The molecule has 0 amide bonds. The quantitative estimate of drug-likeness (QED) is 0.810. The van der Waals surface area contributed by atoms with Crippen molar-refractivity contribution in [3.63, 3.8) is 0 Å². The molecule has 6 nitrogen and oxygen atoms in total. The Balaban J connectivity index is 1.61. The standard InChI is InChI=1S/C20H25N3O3S/c1-13-20(14(2)26-21-13)27(24,25)23-12-17(15-6-4-3-5-7-15)19-18(23)16-8-10-22(19)11-9-16/h3-7,16-19H,8-12H2,1-2H3/t17-,18+,19+/m0/s1. The van der Waals surface area contributed by atoms with Gasteiger partial charge >= 0.3 is 0 Å². The summed E-state index contributed by atoms with van der Waals surface area (Å²) in [5.41, 5.74) is 1.69. The number of benzene rings is 1. The van der Waals surface area contributed by atoms with E-state index in [0.29, 0.717) is 23.9 Å². The molecule has 0 aliphatic carbocycles. The van der Waals surface area contributed by atoms with Crippen molar-refractivity contribution in [3.8, 4) is 0 Å². The van der Waals surface area contributed by atoms with E-state index in [4.69, 9.17) is 4.52 Å². The van der Waals surface area contributed by atoms with Gasteiger partial charge in [0.1, 0.15) is 10.6 Å². The third-order valence-electron chi connectivity index (χ3n) is 6.71. The predicted molar refractivity (Wildman–Crippen MR) is 101 cm³/mol. The van der Waals surface area contributed by atoms with E-state index in [2.05, 4.69) is 22.2 Å². The summed E-state index contributed by atoms with van der Waals surface area (Å²) in [6, 6.07) is 10.7. The van der Waals surface area contributed by atoms with Crippen LogP contribution in [0.2, 0.25) is 0 Å². The first-order valence-electron chi connectivity index (χ1n) is 9.72. The van der Waals surface area contributed by atoms with Crippen molar-refractivity contribution in [2.24, 2.45) is 5.92 Å². The first kappa shape index (κ1) is 17.4. The fourth-order valence-electron chi connectivity index (χ4n) is 5.60. The monoisotopic (exact) mass is 387 g/mol. The lowest BCUT2D eigenvalue weighted by Gasteiger charge is -2.50. The van der Waals surface area contributed by atoms with E-state index in [-0.39, 0.29) is 22.9 Å². The number of sulfonamides is 1. The Hall–Kier alpha value is -1.70. The van der Waals surface area contributed by atoms with Gasteiger partial charge in [-0.1, -0.05) is 35.5 Å². The Morgan fingerprint density at radius 1 is 1.07 bits per heavy atom. The van der Waals surface area contributed by atoms with Gasteiger partial charge in [-0.05, 0) is 51.3 Å². The van der Waals surface area contributed by atoms with Crippen LogP contribution in [0.3, 0.4) is 0 Å². The molecular weight excluding hydrogens is 362 g/mol. The van der Waals surface area contributed by atoms with Crippen molar-refractivity contribution in [3.05, 3.63) is 47.3 Å². The molecule has 0 unspecified atom stereocenters. The molecule has 7 heteroatoms. The first-order valence-corrected chi connectivity index (χ1v) is 11.2. The van der Waals surface area contributed by atoms with E-state index in [0.717, 1.165) is 25.9 Å². The van der Waals surface area contributed by atoms with Gasteiger partial charge in [0.15, 0.2) is 5.76 Å². The molecule has 144 valence electrons. The smallest absolute Gasteiger partial charge is 0.248 e. The number of aryl methyl sites for hydroxylation is 2. The topological polar surface area (TPSA) is 66.7 Å². The molecule has 4 aliphatic rings. The highest BCUT2D eigenvalue weighted by Crippen LogP contribution is 2.48. The van der Waals surface area contributed by atoms with Crippen molar-refractivity contribution in [2.45, 2.75) is 49.6 Å². The van der Waals surface area contributed by atoms with Crippen LogP contribution in [-0.4, -0.2) is 54.5 Å². The summed E-state index contributed by atoms with van der Waals surface area (Å²) >= 11 is 0. The van der Waals surface area contributed by atoms with Gasteiger partial charge < -0.3 is 4.52 Å². The Kier molecular flexibility index (Phi) is 3.97. The fraction of sp³-hybridized carbons (Fsp3) is 0.550. The van der Waals surface area contributed by atoms with E-state index in [9.17, 15) is 8.42 Å². The van der Waals surface area contributed by atoms with Crippen molar-refractivity contribution in [1.82, 2.24) is 14.4 Å². The highest BCUT2D eigenvalue weighted by atomic mass is 32.2. The number of piperidine rings is 3. The van der Waals surface area contributed by atoms with Gasteiger partial charge in [-0.15, -0.1) is 0 Å². The summed E-state index contributed by atoms with van der Waals surface area (Å²) in [4.78, 5) is 2.77. The van der Waals surface area contributed by atoms with Crippen LogP contribution in [0.25, 0.3) is 0 Å². The summed E-state index contributed by atoms with van der Waals surface area (Å²) in [6.45, 7) is 6.08. The van der Waals surface area contributed by atoms with Crippen LogP contribution in [-0.2, 0) is 10.0 Å². The van der Waals surface area contributed by atoms with E-state index in [1.165, 1.54) is 5.56 Å². The molecule has 2 bridgehead atoms. The lowest BCUT2D eigenvalue weighted by Crippen LogP contribution is -2.60. The molecule has 1 aromatic carbocycles. The minimum atomic E-state index is -3.64. The van der Waals surface area contributed by atoms with Gasteiger partial charge in [0.05, 0.1) is 0 Å². The first-order chi connectivity index (χ1) is 13.0. The molecule has 1 aromatic heterocycles. The van der Waals surface area contributed by atoms with Crippen molar-refractivity contribution in [1.29, 1.82) is 0 Å². The van der Waals surface area contributed by atoms with Crippen LogP contribution in [0.4, 0.5) is 0 Å². The van der Waals surface area contributed by atoms with Gasteiger partial charge in [0, 0.05) is 24.5 Å². The van der Waals surface area contributed by atoms with Crippen LogP contribution in [0.5, 0.6) is 0 Å². The zero-order valence-electron chi connectivity index (χ0n) is 15.7. The number of hydrogen-bond donors (Lipinski definition) is 0. The maximum absolute atomic E-state index is 13.7. The third kappa shape index (κ3) is 2.52. The zero-order chi connectivity index (χ0) is 18.8. The number of nitrogens with zero attached hydrogens (tertiary/aromatic N) is 3. The second-order valence-electron chi connectivity index (χ2n) is 8.10. The fourth-order valence-corrected chi connectivity index (χ4v) is 7.62. The maximum Gasteiger partial charge on any atom is 0.248 e. The molecule has 3 atom stereocenters. The molecular formula is C20H25N3O3S. The zero-order valence-corrected chi connectivity index (χ0v) is 16.5. The number of hydrogen-bond acceptors (Lipinski definition) is 5. The van der Waals surface area contributed by atoms with Gasteiger partial charge in [-0.25, -0.2) is 8.42 Å². The molecule has 0 spiro atoms. The summed E-state index contributed by atoms with van der Waals surface area (Å²) in [6.07, 6.45) is 2.16. The SMILES string of the molecule is Cc1noc(C)c1S(=O)(=O)N1C[C@@H](c2ccccc2)[C@@H]2[C@H]1C1CCN2CC1. The Morgan fingerprint density at radius 3 is 2.41 bits per heavy atom. The molecule has 27 heavy (non-hydrogen) atoms. The van der Waals surface area contributed by atoms with Crippen LogP contribution in [0.1, 0.15) is 35.8 Å². The van der Waals surface area contributed by atoms with Crippen LogP contribution in [0.15, 0.2) is 39.8 Å². The van der Waals surface area contributed by atoms with Gasteiger partial charge in [0.2, 0.25) is 10.0 Å². The van der Waals surface area contributed by atoms with E-state index < -0.39 is 10.0 Å². The summed E-state index contributed by atoms with van der Waals surface area (Å²) in [5.74, 6) is 1.02. The van der Waals surface area contributed by atoms with Gasteiger partial charge in [0.25, 0.3) is 0 Å². The minimum absolute atomic E-state index is 0.0383. The van der Waals surface area contributed by atoms with Gasteiger partial charge in [-0.2, -0.15) is 4.31 Å². The lowest BCUT2D eigenvalue weighted by atomic mass is 9.75. The molecule has 4 saturated heterocycles. The molecule has 6 rings (SSSR count). The van der Waals surface area contributed by atoms with Crippen LogP contribution in [0, 0.1) is 19.8 Å². The third-order valence-corrected chi connectivity index (χ3v) is 8.82. The summed E-state index contributed by atoms with van der Waals surface area (Å²) in [5, 5.41) is 3.89. The normalized spacial score (nSPS) is 33.3. The highest BCUT2D eigenvalue weighted by molar-refractivity contribution is 7.89. The summed E-state index contributed by atoms with van der Waals surface area (Å²) < 4.78 is 34.3. The Morgan fingerprint density at radius 2 is 1.78 bits per heavy atom. The van der Waals surface area contributed by atoms with Gasteiger partial charge in [-0.3, -0.25) is 4.90 Å². The van der Waals surface area contributed by atoms with E-state index in [1.807, 2.05) is 18.2 Å². The summed E-state index contributed by atoms with van der Waals surface area (Å²) in [7, 11) is -3.64. The molecule has 2 aromatic rings. The minimum Gasteiger partial charge on any atom is -0.360 e. The van der Waals surface area contributed by atoms with E-state index >= 15 is 0 Å². The largest absolute Gasteiger partial charge is 0.360 e. The average Bonchev–Trinajstić information content (AvgIpc) is 3.26. The molecule has 4 aliphatic heterocycles. The number of fused-ring (bicyclic) bond motifs is 2. The molecule has 0 radical (unpaired) electrons.